The number of nitrogens with zero attached hydrogens (tertiary/aromatic N) is 5. The predicted molar refractivity (Wildman–Crippen MR) is 117 cm³/mol. The summed E-state index contributed by atoms with van der Waals surface area (Å²) in [5, 5.41) is 3.36. The predicted octanol–water partition coefficient (Wildman–Crippen LogP) is 3.46. The minimum atomic E-state index is 0.117. The highest BCUT2D eigenvalue weighted by molar-refractivity contribution is 5.84. The summed E-state index contributed by atoms with van der Waals surface area (Å²) < 4.78 is 2.29. The van der Waals surface area contributed by atoms with Gasteiger partial charge in [-0.25, -0.2) is 15.0 Å². The second kappa shape index (κ2) is 8.52. The molecule has 2 aromatic heterocycles. The number of rotatable bonds is 3. The molecular weight excluding hydrogens is 376 g/mol. The summed E-state index contributed by atoms with van der Waals surface area (Å²) >= 11 is 0. The molecule has 0 spiro atoms. The highest BCUT2D eigenvalue weighted by Gasteiger charge is 2.30. The maximum Gasteiger partial charge on any atom is 0.223 e. The molecule has 7 nitrogen and oxygen atoms in total. The van der Waals surface area contributed by atoms with Crippen LogP contribution in [-0.2, 0) is 17.8 Å². The summed E-state index contributed by atoms with van der Waals surface area (Å²) in [6, 6.07) is 0.367. The van der Waals surface area contributed by atoms with Crippen molar-refractivity contribution in [3.05, 3.63) is 12.2 Å². The van der Waals surface area contributed by atoms with Gasteiger partial charge in [0.15, 0.2) is 17.0 Å². The van der Waals surface area contributed by atoms with Gasteiger partial charge in [-0.15, -0.1) is 0 Å². The van der Waals surface area contributed by atoms with E-state index < -0.39 is 0 Å². The van der Waals surface area contributed by atoms with Crippen molar-refractivity contribution < 1.29 is 4.79 Å². The van der Waals surface area contributed by atoms with Crippen LogP contribution in [0.1, 0.15) is 70.5 Å². The zero-order valence-corrected chi connectivity index (χ0v) is 18.1. The van der Waals surface area contributed by atoms with E-state index in [4.69, 9.17) is 4.98 Å². The van der Waals surface area contributed by atoms with E-state index >= 15 is 0 Å². The molecule has 0 aromatic carbocycles. The van der Waals surface area contributed by atoms with Crippen LogP contribution in [0.25, 0.3) is 11.2 Å². The van der Waals surface area contributed by atoms with Gasteiger partial charge < -0.3 is 14.8 Å². The lowest BCUT2D eigenvalue weighted by Gasteiger charge is -2.34. The van der Waals surface area contributed by atoms with Crippen molar-refractivity contribution in [3.63, 3.8) is 0 Å². The molecule has 2 aliphatic heterocycles. The molecule has 1 saturated carbocycles. The number of nitrogens with one attached hydrogen (secondary N) is 1. The van der Waals surface area contributed by atoms with E-state index in [1.165, 1.54) is 38.5 Å². The third kappa shape index (κ3) is 3.79. The fraction of sp³-hybridized carbons (Fsp3) is 0.739. The number of hydrogen-bond acceptors (Lipinski definition) is 5. The van der Waals surface area contributed by atoms with Gasteiger partial charge in [0.1, 0.15) is 12.2 Å². The van der Waals surface area contributed by atoms with E-state index in [-0.39, 0.29) is 11.8 Å². The zero-order chi connectivity index (χ0) is 20.5. The number of amides is 1. The van der Waals surface area contributed by atoms with Gasteiger partial charge >= 0.3 is 0 Å². The highest BCUT2D eigenvalue weighted by atomic mass is 16.2. The molecule has 1 amide bonds. The number of aryl methyl sites for hydroxylation is 2. The zero-order valence-electron chi connectivity index (χ0n) is 18.1. The van der Waals surface area contributed by atoms with Crippen molar-refractivity contribution in [1.82, 2.24) is 24.8 Å². The monoisotopic (exact) mass is 410 g/mol. The van der Waals surface area contributed by atoms with Gasteiger partial charge in [0.05, 0.1) is 0 Å². The smallest absolute Gasteiger partial charge is 0.223 e. The largest absolute Gasteiger partial charge is 0.355 e. The Labute approximate surface area is 178 Å². The Morgan fingerprint density at radius 3 is 2.67 bits per heavy atom. The van der Waals surface area contributed by atoms with Gasteiger partial charge in [-0.05, 0) is 44.4 Å². The molecular formula is C23H34N6O. The van der Waals surface area contributed by atoms with Crippen LogP contribution in [-0.4, -0.2) is 44.6 Å². The number of fused-ring (bicyclic) bond motifs is 3. The quantitative estimate of drug-likeness (QED) is 0.839. The molecule has 5 rings (SSSR count). The summed E-state index contributed by atoms with van der Waals surface area (Å²) in [6.45, 7) is 4.99. The number of carbonyl (C=O) groups excluding carboxylic acids is 1. The van der Waals surface area contributed by atoms with Gasteiger partial charge in [-0.3, -0.25) is 4.79 Å². The second-order valence-corrected chi connectivity index (χ2v) is 9.50. The Morgan fingerprint density at radius 1 is 1.00 bits per heavy atom. The number of anilines is 1. The second-order valence-electron chi connectivity index (χ2n) is 9.50. The van der Waals surface area contributed by atoms with Crippen molar-refractivity contribution in [2.45, 2.75) is 83.7 Å². The number of carbonyl (C=O) groups is 1. The molecule has 0 bridgehead atoms. The topological polar surface area (TPSA) is 75.9 Å². The first-order chi connectivity index (χ1) is 14.7. The standard InChI is InChI=1S/C23H34N6O/c1-16-7-4-5-8-18(16)26-23(30)17-10-13-28(14-11-17)21-20-22(25-15-24-21)29-12-6-2-3-9-19(29)27-20/h15-18H,2-14H2,1H3,(H,26,30)/t16-,18-/m1/s1. The molecule has 0 radical (unpaired) electrons. The summed E-state index contributed by atoms with van der Waals surface area (Å²) in [6.07, 6.45) is 13.0. The van der Waals surface area contributed by atoms with Gasteiger partial charge in [-0.1, -0.05) is 26.2 Å². The minimum Gasteiger partial charge on any atom is -0.355 e. The summed E-state index contributed by atoms with van der Waals surface area (Å²) in [5.74, 6) is 3.08. The maximum absolute atomic E-state index is 12.9. The maximum atomic E-state index is 12.9. The Kier molecular flexibility index (Phi) is 5.61. The lowest BCUT2D eigenvalue weighted by molar-refractivity contribution is -0.126. The van der Waals surface area contributed by atoms with Gasteiger partial charge in [0.2, 0.25) is 5.91 Å². The van der Waals surface area contributed by atoms with Crippen molar-refractivity contribution in [2.24, 2.45) is 11.8 Å². The Morgan fingerprint density at radius 2 is 1.83 bits per heavy atom. The molecule has 2 atom stereocenters. The van der Waals surface area contributed by atoms with Crippen LogP contribution < -0.4 is 10.2 Å². The van der Waals surface area contributed by atoms with Crippen LogP contribution in [0.5, 0.6) is 0 Å². The summed E-state index contributed by atoms with van der Waals surface area (Å²) in [4.78, 5) is 29.3. The SMILES string of the molecule is C[C@@H]1CCCC[C@H]1NC(=O)C1CCN(c2ncnc3c2nc2n3CCCCC2)CC1. The van der Waals surface area contributed by atoms with Crippen LogP contribution in [0.15, 0.2) is 6.33 Å². The van der Waals surface area contributed by atoms with Crippen LogP contribution in [0.3, 0.4) is 0 Å². The number of aromatic nitrogens is 4. The van der Waals surface area contributed by atoms with Gasteiger partial charge in [0.25, 0.3) is 0 Å². The normalized spacial score (nSPS) is 25.7. The Bertz CT molecular complexity index is 900. The van der Waals surface area contributed by atoms with Crippen LogP contribution in [0.4, 0.5) is 5.82 Å². The van der Waals surface area contributed by atoms with Gasteiger partial charge in [0, 0.05) is 38.0 Å². The summed E-state index contributed by atoms with van der Waals surface area (Å²) in [7, 11) is 0. The van der Waals surface area contributed by atoms with Crippen molar-refractivity contribution in [3.8, 4) is 0 Å². The van der Waals surface area contributed by atoms with Gasteiger partial charge in [-0.2, -0.15) is 0 Å². The van der Waals surface area contributed by atoms with E-state index in [0.717, 1.165) is 68.1 Å². The molecule has 2 aromatic rings. The van der Waals surface area contributed by atoms with E-state index in [0.29, 0.717) is 12.0 Å². The lowest BCUT2D eigenvalue weighted by Crippen LogP contribution is -2.46. The molecule has 30 heavy (non-hydrogen) atoms. The number of imidazole rings is 1. The third-order valence-electron chi connectivity index (χ3n) is 7.48. The minimum absolute atomic E-state index is 0.117. The molecule has 4 heterocycles. The van der Waals surface area contributed by atoms with E-state index in [1.807, 2.05) is 0 Å². The van der Waals surface area contributed by atoms with Crippen LogP contribution >= 0.6 is 0 Å². The average molecular weight is 411 g/mol. The van der Waals surface area contributed by atoms with Crippen LogP contribution in [0.2, 0.25) is 0 Å². The van der Waals surface area contributed by atoms with E-state index in [9.17, 15) is 4.79 Å². The molecule has 3 aliphatic rings. The first-order valence-corrected chi connectivity index (χ1v) is 12.0. The Balaban J connectivity index is 1.26. The summed E-state index contributed by atoms with van der Waals surface area (Å²) in [5.41, 5.74) is 1.91. The molecule has 7 heteroatoms. The Hall–Kier alpha value is -2.18. The molecule has 1 aliphatic carbocycles. The van der Waals surface area contributed by atoms with E-state index in [1.54, 1.807) is 6.33 Å². The molecule has 162 valence electrons. The van der Waals surface area contributed by atoms with Crippen LogP contribution in [0, 0.1) is 11.8 Å². The van der Waals surface area contributed by atoms with E-state index in [2.05, 4.69) is 31.7 Å². The molecule has 2 fully saturated rings. The first kappa shape index (κ1) is 19.8. The molecule has 0 unspecified atom stereocenters. The highest BCUT2D eigenvalue weighted by Crippen LogP contribution is 2.30. The van der Waals surface area contributed by atoms with Crippen molar-refractivity contribution >= 4 is 22.9 Å². The first-order valence-electron chi connectivity index (χ1n) is 12.0. The number of piperidine rings is 1. The number of hydrogen-bond donors (Lipinski definition) is 1. The fourth-order valence-electron chi connectivity index (χ4n) is 5.54. The molecule has 1 saturated heterocycles. The molecule has 1 N–H and O–H groups in total. The lowest BCUT2D eigenvalue weighted by atomic mass is 9.85. The van der Waals surface area contributed by atoms with Crippen molar-refractivity contribution in [2.75, 3.05) is 18.0 Å². The third-order valence-corrected chi connectivity index (χ3v) is 7.48. The average Bonchev–Trinajstić information content (AvgIpc) is 2.96. The van der Waals surface area contributed by atoms with Crippen molar-refractivity contribution in [1.29, 1.82) is 0 Å². The fourth-order valence-corrected chi connectivity index (χ4v) is 5.54.